The Hall–Kier alpha value is -1.63. The number of hydrogen-bond acceptors (Lipinski definition) is 1. The SMILES string of the molecule is C/C(=C\c1ccccc1)C(=O)C1=CCC2CC1C2(C)C. The van der Waals surface area contributed by atoms with E-state index in [9.17, 15) is 4.79 Å². The maximum absolute atomic E-state index is 12.7. The molecule has 1 heteroatoms. The zero-order valence-electron chi connectivity index (χ0n) is 12.5. The molecule has 1 fully saturated rings. The van der Waals surface area contributed by atoms with Crippen LogP contribution in [0.25, 0.3) is 6.08 Å². The van der Waals surface area contributed by atoms with Gasteiger partial charge in [-0.25, -0.2) is 0 Å². The van der Waals surface area contributed by atoms with Crippen molar-refractivity contribution in [2.24, 2.45) is 17.3 Å². The van der Waals surface area contributed by atoms with Crippen molar-refractivity contribution >= 4 is 11.9 Å². The Bertz CT molecular complexity index is 589. The quantitative estimate of drug-likeness (QED) is 0.728. The third-order valence-electron chi connectivity index (χ3n) is 5.27. The molecule has 0 aromatic heterocycles. The second-order valence-electron chi connectivity index (χ2n) is 6.77. The smallest absolute Gasteiger partial charge is 0.184 e. The predicted molar refractivity (Wildman–Crippen MR) is 83.2 cm³/mol. The van der Waals surface area contributed by atoms with Gasteiger partial charge in [0.1, 0.15) is 0 Å². The average molecular weight is 266 g/mol. The van der Waals surface area contributed by atoms with Gasteiger partial charge in [-0.1, -0.05) is 50.3 Å². The van der Waals surface area contributed by atoms with Crippen LogP contribution >= 0.6 is 0 Å². The molecule has 104 valence electrons. The van der Waals surface area contributed by atoms with Gasteiger partial charge in [0.15, 0.2) is 5.78 Å². The Labute approximate surface area is 121 Å². The zero-order chi connectivity index (χ0) is 14.3. The molecule has 20 heavy (non-hydrogen) atoms. The fraction of sp³-hybridized carbons (Fsp3) is 0.421. The summed E-state index contributed by atoms with van der Waals surface area (Å²) in [5.74, 6) is 1.49. The van der Waals surface area contributed by atoms with Crippen molar-refractivity contribution < 1.29 is 4.79 Å². The highest BCUT2D eigenvalue weighted by Crippen LogP contribution is 2.59. The molecule has 3 aliphatic carbocycles. The molecule has 1 aromatic rings. The van der Waals surface area contributed by atoms with Gasteiger partial charge >= 0.3 is 0 Å². The lowest BCUT2D eigenvalue weighted by Crippen LogP contribution is -2.49. The monoisotopic (exact) mass is 266 g/mol. The van der Waals surface area contributed by atoms with Gasteiger partial charge in [0, 0.05) is 0 Å². The van der Waals surface area contributed by atoms with E-state index in [4.69, 9.17) is 0 Å². The Balaban J connectivity index is 1.83. The number of benzene rings is 1. The predicted octanol–water partition coefficient (Wildman–Crippen LogP) is 4.65. The van der Waals surface area contributed by atoms with Crippen LogP contribution in [0.1, 0.15) is 39.2 Å². The van der Waals surface area contributed by atoms with Crippen molar-refractivity contribution in [2.45, 2.75) is 33.6 Å². The summed E-state index contributed by atoms with van der Waals surface area (Å²) in [6.07, 6.45) is 6.46. The lowest BCUT2D eigenvalue weighted by atomic mass is 9.48. The Kier molecular flexibility index (Phi) is 3.16. The first-order valence-corrected chi connectivity index (χ1v) is 7.48. The van der Waals surface area contributed by atoms with E-state index >= 15 is 0 Å². The maximum Gasteiger partial charge on any atom is 0.184 e. The van der Waals surface area contributed by atoms with Crippen molar-refractivity contribution in [3.8, 4) is 0 Å². The number of carbonyl (C=O) groups excluding carboxylic acids is 1. The van der Waals surface area contributed by atoms with E-state index < -0.39 is 0 Å². The fourth-order valence-electron chi connectivity index (χ4n) is 3.70. The van der Waals surface area contributed by atoms with Gasteiger partial charge in [0.05, 0.1) is 0 Å². The van der Waals surface area contributed by atoms with Gasteiger partial charge < -0.3 is 0 Å². The van der Waals surface area contributed by atoms with Crippen LogP contribution in [0, 0.1) is 17.3 Å². The first-order chi connectivity index (χ1) is 9.50. The van der Waals surface area contributed by atoms with Crippen molar-refractivity contribution in [3.63, 3.8) is 0 Å². The fourth-order valence-corrected chi connectivity index (χ4v) is 3.70. The molecule has 1 saturated carbocycles. The summed E-state index contributed by atoms with van der Waals surface area (Å²) in [6.45, 7) is 6.55. The molecule has 0 N–H and O–H groups in total. The number of fused-ring (bicyclic) bond motifs is 1. The molecule has 2 unspecified atom stereocenters. The van der Waals surface area contributed by atoms with Crippen LogP contribution in [0.3, 0.4) is 0 Å². The highest BCUT2D eigenvalue weighted by Gasteiger charge is 2.52. The van der Waals surface area contributed by atoms with E-state index in [1.165, 1.54) is 6.42 Å². The van der Waals surface area contributed by atoms with Crippen LogP contribution in [0.5, 0.6) is 0 Å². The van der Waals surface area contributed by atoms with Gasteiger partial charge in [0.25, 0.3) is 0 Å². The Morgan fingerprint density at radius 1 is 1.25 bits per heavy atom. The number of allylic oxidation sites excluding steroid dienone is 3. The van der Waals surface area contributed by atoms with Crippen molar-refractivity contribution in [1.29, 1.82) is 0 Å². The molecule has 2 bridgehead atoms. The van der Waals surface area contributed by atoms with Crippen molar-refractivity contribution in [1.82, 2.24) is 0 Å². The van der Waals surface area contributed by atoms with Gasteiger partial charge in [-0.15, -0.1) is 0 Å². The van der Waals surface area contributed by atoms with Gasteiger partial charge in [-0.3, -0.25) is 4.79 Å². The van der Waals surface area contributed by atoms with E-state index in [-0.39, 0.29) is 5.78 Å². The highest BCUT2D eigenvalue weighted by molar-refractivity contribution is 6.11. The van der Waals surface area contributed by atoms with Gasteiger partial charge in [-0.2, -0.15) is 0 Å². The standard InChI is InChI=1S/C19H22O/c1-13(11-14-7-5-4-6-8-14)18(20)16-10-9-15-12-17(16)19(15,2)3/h4-8,10-11,15,17H,9,12H2,1-3H3/b13-11+. The van der Waals surface area contributed by atoms with E-state index in [0.29, 0.717) is 11.3 Å². The average Bonchev–Trinajstić information content (AvgIpc) is 2.47. The Morgan fingerprint density at radius 2 is 1.95 bits per heavy atom. The summed E-state index contributed by atoms with van der Waals surface area (Å²) in [5.41, 5.74) is 3.32. The van der Waals surface area contributed by atoms with Crippen LogP contribution < -0.4 is 0 Å². The minimum atomic E-state index is 0.241. The number of hydrogen-bond donors (Lipinski definition) is 0. The van der Waals surface area contributed by atoms with Crippen LogP contribution in [0.15, 0.2) is 47.6 Å². The van der Waals surface area contributed by atoms with Crippen molar-refractivity contribution in [3.05, 3.63) is 53.1 Å². The molecular formula is C19H22O. The minimum Gasteiger partial charge on any atom is -0.289 e. The minimum absolute atomic E-state index is 0.241. The topological polar surface area (TPSA) is 17.1 Å². The lowest BCUT2D eigenvalue weighted by molar-refractivity contribution is -0.115. The number of Topliss-reactive ketones (excluding diaryl/α,β-unsaturated/α-hetero) is 1. The molecule has 0 spiro atoms. The zero-order valence-corrected chi connectivity index (χ0v) is 12.5. The summed E-state index contributed by atoms with van der Waals surface area (Å²) < 4.78 is 0. The largest absolute Gasteiger partial charge is 0.289 e. The molecule has 0 aliphatic heterocycles. The molecular weight excluding hydrogens is 244 g/mol. The maximum atomic E-state index is 12.7. The van der Waals surface area contributed by atoms with E-state index in [1.807, 2.05) is 43.3 Å². The Morgan fingerprint density at radius 3 is 2.55 bits per heavy atom. The number of carbonyl (C=O) groups is 1. The van der Waals surface area contributed by atoms with E-state index in [1.54, 1.807) is 0 Å². The molecule has 1 nitrogen and oxygen atoms in total. The molecule has 2 atom stereocenters. The molecule has 3 aliphatic rings. The number of ketones is 1. The summed E-state index contributed by atoms with van der Waals surface area (Å²) in [4.78, 5) is 12.7. The molecule has 0 radical (unpaired) electrons. The third-order valence-corrected chi connectivity index (χ3v) is 5.27. The summed E-state index contributed by atoms with van der Waals surface area (Å²) in [7, 11) is 0. The second-order valence-corrected chi connectivity index (χ2v) is 6.77. The van der Waals surface area contributed by atoms with Crippen molar-refractivity contribution in [2.75, 3.05) is 0 Å². The molecule has 0 amide bonds. The third kappa shape index (κ3) is 2.06. The van der Waals surface area contributed by atoms with Gasteiger partial charge in [0.2, 0.25) is 0 Å². The van der Waals surface area contributed by atoms with E-state index in [0.717, 1.165) is 29.0 Å². The molecule has 4 rings (SSSR count). The highest BCUT2D eigenvalue weighted by atomic mass is 16.1. The summed E-state index contributed by atoms with van der Waals surface area (Å²) >= 11 is 0. The normalized spacial score (nSPS) is 27.6. The van der Waals surface area contributed by atoms with Gasteiger partial charge in [-0.05, 0) is 59.8 Å². The molecule has 0 saturated heterocycles. The first kappa shape index (κ1) is 13.4. The van der Waals surface area contributed by atoms with E-state index in [2.05, 4.69) is 19.9 Å². The summed E-state index contributed by atoms with van der Waals surface area (Å²) in [6, 6.07) is 10.1. The first-order valence-electron chi connectivity index (χ1n) is 7.48. The second kappa shape index (κ2) is 4.73. The molecule has 1 aromatic carbocycles. The van der Waals surface area contributed by atoms with Crippen LogP contribution in [0.2, 0.25) is 0 Å². The van der Waals surface area contributed by atoms with Crippen LogP contribution in [-0.2, 0) is 4.79 Å². The van der Waals surface area contributed by atoms with Crippen LogP contribution in [-0.4, -0.2) is 5.78 Å². The molecule has 0 heterocycles. The number of rotatable bonds is 3. The summed E-state index contributed by atoms with van der Waals surface area (Å²) in [5, 5.41) is 0. The lowest BCUT2D eigenvalue weighted by Gasteiger charge is -2.56. The van der Waals surface area contributed by atoms with Crippen LogP contribution in [0.4, 0.5) is 0 Å².